The molecule has 1 aromatic carbocycles. The van der Waals surface area contributed by atoms with Crippen molar-refractivity contribution >= 4 is 23.6 Å². The van der Waals surface area contributed by atoms with E-state index in [9.17, 15) is 18.4 Å². The van der Waals surface area contributed by atoms with Gasteiger partial charge in [-0.15, -0.1) is 0 Å². The van der Waals surface area contributed by atoms with E-state index in [2.05, 4.69) is 15.3 Å². The van der Waals surface area contributed by atoms with Gasteiger partial charge in [0, 0.05) is 17.2 Å². The lowest BCUT2D eigenvalue weighted by Crippen LogP contribution is -2.28. The number of carbonyl (C=O) groups excluding carboxylic acids is 1. The first-order chi connectivity index (χ1) is 13.9. The van der Waals surface area contributed by atoms with E-state index in [4.69, 9.17) is 16.4 Å². The molecule has 0 fully saturated rings. The van der Waals surface area contributed by atoms with Crippen LogP contribution in [0.1, 0.15) is 46.2 Å². The van der Waals surface area contributed by atoms with E-state index in [1.165, 1.54) is 4.68 Å². The molecule has 0 saturated carbocycles. The fourth-order valence-electron chi connectivity index (χ4n) is 2.68. The minimum absolute atomic E-state index is 0.0151. The van der Waals surface area contributed by atoms with Crippen molar-refractivity contribution in [2.24, 2.45) is 0 Å². The molecule has 2 rings (SSSR count). The molecule has 1 heterocycles. The number of halogens is 2. The topological polar surface area (TPSA) is 97.8 Å². The molecule has 10 heteroatoms. The van der Waals surface area contributed by atoms with Crippen molar-refractivity contribution in [2.75, 3.05) is 5.32 Å². The molecule has 2 aromatic rings. The van der Waals surface area contributed by atoms with Gasteiger partial charge >= 0.3 is 12.1 Å². The molecule has 0 aliphatic heterocycles. The van der Waals surface area contributed by atoms with Crippen LogP contribution in [0, 0.1) is 18.2 Å². The summed E-state index contributed by atoms with van der Waals surface area (Å²) < 4.78 is 35.6. The van der Waals surface area contributed by atoms with Gasteiger partial charge in [-0.1, -0.05) is 12.1 Å². The van der Waals surface area contributed by atoms with Gasteiger partial charge in [-0.25, -0.2) is 18.4 Å². The lowest BCUT2D eigenvalue weighted by atomic mass is 10.0. The van der Waals surface area contributed by atoms with E-state index in [0.717, 1.165) is 12.1 Å². The van der Waals surface area contributed by atoms with Crippen LogP contribution in [-0.2, 0) is 16.0 Å². The van der Waals surface area contributed by atoms with E-state index in [1.54, 1.807) is 34.6 Å². The van der Waals surface area contributed by atoms with E-state index < -0.39 is 35.7 Å². The number of aliphatic carboxylic acids is 1. The minimum Gasteiger partial charge on any atom is -0.481 e. The van der Waals surface area contributed by atoms with E-state index >= 15 is 0 Å². The standard InChI is InChI=1S/C20H22F2N4O4/c1-10(2)26-18(24-19(29)30-20(3,4)5)17(23-6)16(25-26)12-8-7-11(9-13(27)28)14(21)15(12)22/h7-8,10H,9H2,1-5H3,(H,24,29)(H,27,28). The SMILES string of the molecule is [C-]#[N+]c1c(-c2ccc(CC(=O)O)c(F)c2F)nn(C(C)C)c1NC(=O)OC(C)(C)C. The predicted molar refractivity (Wildman–Crippen MR) is 105 cm³/mol. The Morgan fingerprint density at radius 2 is 1.93 bits per heavy atom. The maximum absolute atomic E-state index is 14.7. The first-order valence-corrected chi connectivity index (χ1v) is 9.04. The summed E-state index contributed by atoms with van der Waals surface area (Å²) >= 11 is 0. The van der Waals surface area contributed by atoms with Crippen LogP contribution in [0.5, 0.6) is 0 Å². The molecule has 8 nitrogen and oxygen atoms in total. The summed E-state index contributed by atoms with van der Waals surface area (Å²) in [6.45, 7) is 16.0. The summed E-state index contributed by atoms with van der Waals surface area (Å²) in [6, 6.07) is 1.96. The first-order valence-electron chi connectivity index (χ1n) is 9.04. The molecule has 1 aromatic heterocycles. The number of nitrogens with one attached hydrogen (secondary N) is 1. The van der Waals surface area contributed by atoms with Crippen LogP contribution in [-0.4, -0.2) is 32.6 Å². The highest BCUT2D eigenvalue weighted by atomic mass is 19.2. The number of benzene rings is 1. The summed E-state index contributed by atoms with van der Waals surface area (Å²) in [4.78, 5) is 26.4. The Labute approximate surface area is 172 Å². The van der Waals surface area contributed by atoms with Crippen molar-refractivity contribution in [3.05, 3.63) is 40.7 Å². The summed E-state index contributed by atoms with van der Waals surface area (Å²) in [5.41, 5.74) is -1.81. The molecule has 0 radical (unpaired) electrons. The second-order valence-corrected chi connectivity index (χ2v) is 7.79. The van der Waals surface area contributed by atoms with Crippen LogP contribution in [0.25, 0.3) is 16.1 Å². The molecular weight excluding hydrogens is 398 g/mol. The number of carboxylic acid groups (broad SMARTS) is 1. The molecule has 2 N–H and O–H groups in total. The third-order valence-corrected chi connectivity index (χ3v) is 3.86. The zero-order valence-corrected chi connectivity index (χ0v) is 17.2. The molecule has 0 aliphatic rings. The molecule has 1 amide bonds. The van der Waals surface area contributed by atoms with Gasteiger partial charge in [0.1, 0.15) is 17.1 Å². The summed E-state index contributed by atoms with van der Waals surface area (Å²) in [5.74, 6) is -3.98. The number of hydrogen-bond donors (Lipinski definition) is 2. The van der Waals surface area contributed by atoms with Gasteiger partial charge < -0.3 is 9.84 Å². The molecule has 0 aliphatic carbocycles. The highest BCUT2D eigenvalue weighted by Crippen LogP contribution is 2.40. The summed E-state index contributed by atoms with van der Waals surface area (Å²) in [6.07, 6.45) is -1.52. The number of anilines is 1. The number of aromatic nitrogens is 2. The fourth-order valence-corrected chi connectivity index (χ4v) is 2.68. The second-order valence-electron chi connectivity index (χ2n) is 7.79. The predicted octanol–water partition coefficient (Wildman–Crippen LogP) is 4.93. The Kier molecular flexibility index (Phi) is 6.45. The number of rotatable bonds is 5. The highest BCUT2D eigenvalue weighted by molar-refractivity contribution is 5.93. The maximum atomic E-state index is 14.7. The van der Waals surface area contributed by atoms with Crippen LogP contribution in [0.15, 0.2) is 12.1 Å². The first kappa shape index (κ1) is 22.8. The molecule has 0 atom stereocenters. The lowest BCUT2D eigenvalue weighted by molar-refractivity contribution is -0.136. The van der Waals surface area contributed by atoms with E-state index in [0.29, 0.717) is 0 Å². The van der Waals surface area contributed by atoms with E-state index in [1.807, 2.05) is 0 Å². The largest absolute Gasteiger partial charge is 0.481 e. The van der Waals surface area contributed by atoms with Crippen molar-refractivity contribution in [3.63, 3.8) is 0 Å². The highest BCUT2D eigenvalue weighted by Gasteiger charge is 2.27. The quantitative estimate of drug-likeness (QED) is 0.668. The van der Waals surface area contributed by atoms with Crippen molar-refractivity contribution in [1.82, 2.24) is 9.78 Å². The number of ether oxygens (including phenoxy) is 1. The van der Waals surface area contributed by atoms with Crippen LogP contribution in [0.2, 0.25) is 0 Å². The zero-order chi connectivity index (χ0) is 22.8. The Morgan fingerprint density at radius 3 is 2.43 bits per heavy atom. The van der Waals surface area contributed by atoms with Crippen LogP contribution < -0.4 is 5.32 Å². The molecular formula is C20H22F2N4O4. The Hall–Kier alpha value is -3.48. The third kappa shape index (κ3) is 4.92. The van der Waals surface area contributed by atoms with E-state index in [-0.39, 0.29) is 34.4 Å². The second kappa shape index (κ2) is 8.49. The Bertz CT molecular complexity index is 1030. The molecule has 160 valence electrons. The fraction of sp³-hybridized carbons (Fsp3) is 0.400. The average molecular weight is 420 g/mol. The average Bonchev–Trinajstić information content (AvgIpc) is 2.95. The smallest absolute Gasteiger partial charge is 0.412 e. The van der Waals surface area contributed by atoms with Gasteiger partial charge in [0.25, 0.3) is 5.69 Å². The van der Waals surface area contributed by atoms with Crippen LogP contribution in [0.3, 0.4) is 0 Å². The Morgan fingerprint density at radius 1 is 1.30 bits per heavy atom. The maximum Gasteiger partial charge on any atom is 0.412 e. The number of hydrogen-bond acceptors (Lipinski definition) is 4. The van der Waals surface area contributed by atoms with Crippen molar-refractivity contribution in [2.45, 2.75) is 52.7 Å². The summed E-state index contributed by atoms with van der Waals surface area (Å²) in [5, 5.41) is 15.5. The van der Waals surface area contributed by atoms with Crippen LogP contribution in [0.4, 0.5) is 25.1 Å². The molecule has 0 spiro atoms. The molecule has 30 heavy (non-hydrogen) atoms. The Balaban J connectivity index is 2.60. The van der Waals surface area contributed by atoms with Gasteiger partial charge in [0.15, 0.2) is 11.6 Å². The number of nitrogens with zero attached hydrogens (tertiary/aromatic N) is 3. The molecule has 0 saturated heterocycles. The molecule has 0 bridgehead atoms. The van der Waals surface area contributed by atoms with Crippen LogP contribution >= 0.6 is 0 Å². The lowest BCUT2D eigenvalue weighted by Gasteiger charge is -2.20. The van der Waals surface area contributed by atoms with Gasteiger partial charge in [-0.2, -0.15) is 5.10 Å². The van der Waals surface area contributed by atoms with Gasteiger partial charge in [0.2, 0.25) is 0 Å². The van der Waals surface area contributed by atoms with Crippen molar-refractivity contribution in [3.8, 4) is 11.3 Å². The van der Waals surface area contributed by atoms with Gasteiger partial charge in [0.05, 0.1) is 13.0 Å². The normalized spacial score (nSPS) is 11.3. The van der Waals surface area contributed by atoms with Crippen molar-refractivity contribution in [1.29, 1.82) is 0 Å². The summed E-state index contributed by atoms with van der Waals surface area (Å²) in [7, 11) is 0. The molecule has 0 unspecified atom stereocenters. The number of carboxylic acids is 1. The van der Waals surface area contributed by atoms with Gasteiger partial charge in [-0.05, 0) is 34.6 Å². The minimum atomic E-state index is -1.33. The third-order valence-electron chi connectivity index (χ3n) is 3.86. The number of carbonyl (C=O) groups is 2. The zero-order valence-electron chi connectivity index (χ0n) is 17.2. The van der Waals surface area contributed by atoms with Crippen molar-refractivity contribution < 1.29 is 28.2 Å². The monoisotopic (exact) mass is 420 g/mol. The number of amides is 1. The van der Waals surface area contributed by atoms with Gasteiger partial charge in [-0.3, -0.25) is 14.8 Å².